The molecule has 0 heterocycles. The Morgan fingerprint density at radius 2 is 2.00 bits per heavy atom. The average Bonchev–Trinajstić information content (AvgIpc) is 2.24. The van der Waals surface area contributed by atoms with Crippen molar-refractivity contribution in [1.29, 1.82) is 5.26 Å². The smallest absolute Gasteiger partial charge is 0.0976 e. The molecule has 94 valence electrons. The fourth-order valence-corrected chi connectivity index (χ4v) is 1.31. The summed E-state index contributed by atoms with van der Waals surface area (Å²) in [4.78, 5) is 0. The van der Waals surface area contributed by atoms with Gasteiger partial charge < -0.3 is 9.47 Å². The minimum absolute atomic E-state index is 0.0957. The predicted molar refractivity (Wildman–Crippen MR) is 64.2 cm³/mol. The Hall–Kier alpha value is -0.630. The lowest BCUT2D eigenvalue weighted by Gasteiger charge is -2.16. The van der Waals surface area contributed by atoms with Crippen LogP contribution in [0.25, 0.3) is 0 Å². The summed E-state index contributed by atoms with van der Waals surface area (Å²) < 4.78 is 10.8. The van der Waals surface area contributed by atoms with Gasteiger partial charge in [-0.25, -0.2) is 0 Å². The number of hydrogen-bond donors (Lipinski definition) is 1. The van der Waals surface area contributed by atoms with Gasteiger partial charge in [0.05, 0.1) is 24.8 Å². The highest BCUT2D eigenvalue weighted by atomic mass is 16.5. The van der Waals surface area contributed by atoms with Crippen molar-refractivity contribution < 1.29 is 9.47 Å². The van der Waals surface area contributed by atoms with Crippen LogP contribution in [0.3, 0.4) is 0 Å². The molecule has 1 N–H and O–H groups in total. The lowest BCUT2D eigenvalue weighted by atomic mass is 10.2. The van der Waals surface area contributed by atoms with Gasteiger partial charge in [-0.05, 0) is 34.1 Å². The van der Waals surface area contributed by atoms with Crippen molar-refractivity contribution in [2.24, 2.45) is 0 Å². The fraction of sp³-hybridized carbons (Fsp3) is 0.917. The van der Waals surface area contributed by atoms with Crippen molar-refractivity contribution >= 4 is 0 Å². The molecule has 2 unspecified atom stereocenters. The number of hydrogen-bond acceptors (Lipinski definition) is 4. The maximum atomic E-state index is 8.89. The van der Waals surface area contributed by atoms with Crippen LogP contribution in [0.4, 0.5) is 0 Å². The third-order valence-electron chi connectivity index (χ3n) is 2.06. The van der Waals surface area contributed by atoms with E-state index in [1.165, 1.54) is 0 Å². The van der Waals surface area contributed by atoms with Crippen LogP contribution in [0.1, 0.15) is 34.1 Å². The van der Waals surface area contributed by atoms with E-state index in [-0.39, 0.29) is 12.1 Å². The highest BCUT2D eigenvalue weighted by Gasteiger charge is 2.09. The zero-order chi connectivity index (χ0) is 12.4. The van der Waals surface area contributed by atoms with Crippen LogP contribution in [0.2, 0.25) is 0 Å². The van der Waals surface area contributed by atoms with Gasteiger partial charge in [-0.1, -0.05) is 0 Å². The lowest BCUT2D eigenvalue weighted by Crippen LogP contribution is -2.34. The van der Waals surface area contributed by atoms with Gasteiger partial charge >= 0.3 is 0 Å². The number of ether oxygens (including phenoxy) is 2. The summed E-state index contributed by atoms with van der Waals surface area (Å²) >= 11 is 0. The Bertz CT molecular complexity index is 202. The summed E-state index contributed by atoms with van der Waals surface area (Å²) in [5.74, 6) is 0. The molecule has 0 aliphatic heterocycles. The van der Waals surface area contributed by atoms with Gasteiger partial charge in [0.15, 0.2) is 0 Å². The van der Waals surface area contributed by atoms with E-state index in [2.05, 4.69) is 11.4 Å². The van der Waals surface area contributed by atoms with Crippen LogP contribution in [-0.4, -0.2) is 38.0 Å². The van der Waals surface area contributed by atoms with Crippen LogP contribution < -0.4 is 5.32 Å². The number of nitrogens with one attached hydrogen (secondary N) is 1. The van der Waals surface area contributed by atoms with E-state index in [1.54, 1.807) is 0 Å². The summed E-state index contributed by atoms with van der Waals surface area (Å²) in [7, 11) is 0. The van der Waals surface area contributed by atoms with Crippen molar-refractivity contribution in [3.05, 3.63) is 0 Å². The Kier molecular flexibility index (Phi) is 9.21. The maximum absolute atomic E-state index is 8.89. The second-order valence-electron chi connectivity index (χ2n) is 4.13. The molecular weight excluding hydrogens is 204 g/mol. The third kappa shape index (κ3) is 8.66. The summed E-state index contributed by atoms with van der Waals surface area (Å²) in [6.07, 6.45) is 0.809. The zero-order valence-corrected chi connectivity index (χ0v) is 10.8. The zero-order valence-electron chi connectivity index (χ0n) is 10.8. The highest BCUT2D eigenvalue weighted by Crippen LogP contribution is 1.98. The molecule has 0 bridgehead atoms. The molecule has 0 amide bonds. The molecule has 4 heteroatoms. The van der Waals surface area contributed by atoms with Gasteiger partial charge in [-0.2, -0.15) is 5.26 Å². The molecule has 2 atom stereocenters. The van der Waals surface area contributed by atoms with Gasteiger partial charge in [0.1, 0.15) is 0 Å². The second kappa shape index (κ2) is 9.59. The summed E-state index contributed by atoms with van der Waals surface area (Å²) in [6.45, 7) is 9.92. The first-order valence-electron chi connectivity index (χ1n) is 5.95. The van der Waals surface area contributed by atoms with Crippen molar-refractivity contribution in [2.45, 2.75) is 52.3 Å². The molecule has 16 heavy (non-hydrogen) atoms. The fourth-order valence-electron chi connectivity index (χ4n) is 1.31. The van der Waals surface area contributed by atoms with Crippen LogP contribution >= 0.6 is 0 Å². The minimum atomic E-state index is -0.126. The second-order valence-corrected chi connectivity index (χ2v) is 4.13. The van der Waals surface area contributed by atoms with Gasteiger partial charge in [0.25, 0.3) is 0 Å². The third-order valence-corrected chi connectivity index (χ3v) is 2.06. The molecule has 0 aromatic carbocycles. The van der Waals surface area contributed by atoms with Crippen molar-refractivity contribution in [2.75, 3.05) is 19.8 Å². The predicted octanol–water partition coefficient (Wildman–Crippen LogP) is 1.71. The highest BCUT2D eigenvalue weighted by molar-refractivity contribution is 4.90. The molecule has 0 saturated heterocycles. The van der Waals surface area contributed by atoms with E-state index < -0.39 is 0 Å². The molecule has 0 aromatic rings. The first-order chi connectivity index (χ1) is 7.60. The van der Waals surface area contributed by atoms with Gasteiger partial charge in [-0.15, -0.1) is 0 Å². The summed E-state index contributed by atoms with van der Waals surface area (Å²) in [5, 5.41) is 12.1. The summed E-state index contributed by atoms with van der Waals surface area (Å²) in [6, 6.07) is 2.43. The van der Waals surface area contributed by atoms with E-state index in [4.69, 9.17) is 14.7 Å². The maximum Gasteiger partial charge on any atom is 0.0976 e. The van der Waals surface area contributed by atoms with Crippen molar-refractivity contribution in [3.63, 3.8) is 0 Å². The Morgan fingerprint density at radius 1 is 1.31 bits per heavy atom. The van der Waals surface area contributed by atoms with Crippen molar-refractivity contribution in [3.8, 4) is 6.07 Å². The number of rotatable bonds is 9. The average molecular weight is 228 g/mol. The van der Waals surface area contributed by atoms with E-state index in [0.717, 1.165) is 0 Å². The largest absolute Gasteiger partial charge is 0.379 e. The van der Waals surface area contributed by atoms with E-state index in [0.29, 0.717) is 32.3 Å². The molecule has 0 spiro atoms. The topological polar surface area (TPSA) is 54.3 Å². The number of nitriles is 1. The lowest BCUT2D eigenvalue weighted by molar-refractivity contribution is -0.00528. The van der Waals surface area contributed by atoms with Crippen LogP contribution in [0.5, 0.6) is 0 Å². The normalized spacial score (nSPS) is 14.8. The van der Waals surface area contributed by atoms with Gasteiger partial charge in [0, 0.05) is 19.3 Å². The van der Waals surface area contributed by atoms with Gasteiger partial charge in [0.2, 0.25) is 0 Å². The first-order valence-corrected chi connectivity index (χ1v) is 5.95. The standard InChI is InChI=1S/C12H24N2O2/c1-5-15-9-11(4)16-7-6-12(8-13)14-10(2)3/h10-12,14H,5-7,9H2,1-4H3. The van der Waals surface area contributed by atoms with E-state index in [9.17, 15) is 0 Å². The van der Waals surface area contributed by atoms with Gasteiger partial charge in [-0.3, -0.25) is 5.32 Å². The molecule has 0 fully saturated rings. The van der Waals surface area contributed by atoms with Crippen LogP contribution in [-0.2, 0) is 9.47 Å². The molecular formula is C12H24N2O2. The Labute approximate surface area is 98.9 Å². The molecule has 0 aromatic heterocycles. The van der Waals surface area contributed by atoms with Crippen molar-refractivity contribution in [1.82, 2.24) is 5.32 Å². The van der Waals surface area contributed by atoms with E-state index in [1.807, 2.05) is 27.7 Å². The Morgan fingerprint density at radius 3 is 2.50 bits per heavy atom. The quantitative estimate of drug-likeness (QED) is 0.652. The summed E-state index contributed by atoms with van der Waals surface area (Å²) in [5.41, 5.74) is 0. The molecule has 0 aliphatic rings. The number of nitrogens with zero attached hydrogens (tertiary/aromatic N) is 1. The monoisotopic (exact) mass is 228 g/mol. The molecule has 4 nitrogen and oxygen atoms in total. The molecule has 0 radical (unpaired) electrons. The molecule has 0 rings (SSSR count). The Balaban J connectivity index is 3.58. The minimum Gasteiger partial charge on any atom is -0.379 e. The molecule has 0 aliphatic carbocycles. The van der Waals surface area contributed by atoms with Crippen LogP contribution in [0, 0.1) is 11.3 Å². The van der Waals surface area contributed by atoms with Crippen LogP contribution in [0.15, 0.2) is 0 Å². The van der Waals surface area contributed by atoms with E-state index >= 15 is 0 Å². The SMILES string of the molecule is CCOCC(C)OCCC(C#N)NC(C)C. The first kappa shape index (κ1) is 15.4. The molecule has 0 saturated carbocycles.